The maximum atomic E-state index is 12.7. The Hall–Kier alpha value is -3.55. The van der Waals surface area contributed by atoms with Gasteiger partial charge in [-0.15, -0.1) is 0 Å². The number of nitro benzene ring substituents is 1. The molecule has 0 spiro atoms. The number of hydrogen-bond acceptors (Lipinski definition) is 6. The Labute approximate surface area is 161 Å². The van der Waals surface area contributed by atoms with Crippen molar-refractivity contribution in [3.63, 3.8) is 0 Å². The molecule has 0 aromatic heterocycles. The van der Waals surface area contributed by atoms with Crippen LogP contribution >= 0.6 is 0 Å². The first kappa shape index (κ1) is 20.8. The lowest BCUT2D eigenvalue weighted by atomic mass is 10.0. The second-order valence-electron chi connectivity index (χ2n) is 6.03. The van der Waals surface area contributed by atoms with E-state index in [2.05, 4.69) is 5.32 Å². The molecule has 8 nitrogen and oxygen atoms in total. The van der Waals surface area contributed by atoms with Gasteiger partial charge in [0.2, 0.25) is 0 Å². The molecule has 2 aromatic carbocycles. The molecule has 146 valence electrons. The quantitative estimate of drug-likeness (QED) is 0.242. The van der Waals surface area contributed by atoms with Crippen LogP contribution in [0.3, 0.4) is 0 Å². The predicted octanol–water partition coefficient (Wildman–Crippen LogP) is 4.01. The molecular weight excluding hydrogens is 364 g/mol. The van der Waals surface area contributed by atoms with E-state index in [4.69, 9.17) is 4.74 Å². The first-order valence-electron chi connectivity index (χ1n) is 8.72. The number of rotatable bonds is 8. The second-order valence-corrected chi connectivity index (χ2v) is 6.03. The molecule has 1 amide bonds. The van der Waals surface area contributed by atoms with E-state index in [1.54, 1.807) is 0 Å². The number of carbonyl (C=O) groups is 3. The molecule has 0 saturated heterocycles. The highest BCUT2D eigenvalue weighted by molar-refractivity contribution is 6.13. The number of nitrogens with zero attached hydrogens (tertiary/aromatic N) is 1. The summed E-state index contributed by atoms with van der Waals surface area (Å²) in [6, 6.07) is 9.85. The predicted molar refractivity (Wildman–Crippen MR) is 103 cm³/mol. The Bertz CT molecular complexity index is 905. The number of nitro groups is 1. The Morgan fingerprint density at radius 1 is 1.11 bits per heavy atom. The van der Waals surface area contributed by atoms with Gasteiger partial charge in [-0.3, -0.25) is 19.7 Å². The van der Waals surface area contributed by atoms with Crippen molar-refractivity contribution in [3.8, 4) is 0 Å². The lowest BCUT2D eigenvalue weighted by Crippen LogP contribution is -2.20. The molecule has 0 bridgehead atoms. The summed E-state index contributed by atoms with van der Waals surface area (Å²) in [5.41, 5.74) is -0.252. The Kier molecular flexibility index (Phi) is 6.97. The van der Waals surface area contributed by atoms with Gasteiger partial charge in [-0.25, -0.2) is 4.79 Å². The van der Waals surface area contributed by atoms with E-state index in [9.17, 15) is 24.5 Å². The van der Waals surface area contributed by atoms with Crippen LogP contribution in [0.2, 0.25) is 0 Å². The molecule has 0 radical (unpaired) electrons. The number of carbonyl (C=O) groups excluding carboxylic acids is 3. The van der Waals surface area contributed by atoms with Gasteiger partial charge in [0.25, 0.3) is 11.6 Å². The third-order valence-electron chi connectivity index (χ3n) is 3.97. The maximum Gasteiger partial charge on any atom is 0.339 e. The van der Waals surface area contributed by atoms with Gasteiger partial charge in [0.05, 0.1) is 17.1 Å². The summed E-state index contributed by atoms with van der Waals surface area (Å²) in [6.07, 6.45) is 1.45. The third-order valence-corrected chi connectivity index (χ3v) is 3.97. The zero-order chi connectivity index (χ0) is 20.7. The maximum absolute atomic E-state index is 12.7. The molecule has 0 heterocycles. The minimum absolute atomic E-state index is 0.131. The average molecular weight is 384 g/mol. The molecule has 0 atom stereocenters. The van der Waals surface area contributed by atoms with Crippen molar-refractivity contribution in [2.24, 2.45) is 0 Å². The van der Waals surface area contributed by atoms with Gasteiger partial charge in [0.15, 0.2) is 5.78 Å². The number of Topliss-reactive ketones (excluding diaryl/α,β-unsaturated/α-hetero) is 1. The molecule has 0 unspecified atom stereocenters. The van der Waals surface area contributed by atoms with Gasteiger partial charge in [0, 0.05) is 17.3 Å². The van der Waals surface area contributed by atoms with Gasteiger partial charge >= 0.3 is 5.97 Å². The number of benzene rings is 2. The zero-order valence-corrected chi connectivity index (χ0v) is 15.6. The van der Waals surface area contributed by atoms with Crippen molar-refractivity contribution in [1.29, 1.82) is 0 Å². The molecule has 0 aliphatic rings. The van der Waals surface area contributed by atoms with E-state index in [0.29, 0.717) is 17.7 Å². The molecular formula is C20H20N2O6. The summed E-state index contributed by atoms with van der Waals surface area (Å²) in [7, 11) is 0. The lowest BCUT2D eigenvalue weighted by molar-refractivity contribution is -0.385. The molecule has 1 N–H and O–H groups in total. The van der Waals surface area contributed by atoms with Crippen LogP contribution in [0.25, 0.3) is 0 Å². The van der Waals surface area contributed by atoms with E-state index in [0.717, 1.165) is 12.5 Å². The van der Waals surface area contributed by atoms with Gasteiger partial charge in [0.1, 0.15) is 5.56 Å². The summed E-state index contributed by atoms with van der Waals surface area (Å²) in [5, 5.41) is 13.9. The Morgan fingerprint density at radius 3 is 2.36 bits per heavy atom. The molecule has 0 aliphatic heterocycles. The van der Waals surface area contributed by atoms with E-state index < -0.39 is 22.5 Å². The zero-order valence-electron chi connectivity index (χ0n) is 15.6. The minimum atomic E-state index is -0.815. The minimum Gasteiger partial charge on any atom is -0.462 e. The molecule has 2 aromatic rings. The number of nitrogens with one attached hydrogen (secondary N) is 1. The number of unbranched alkanes of at least 4 members (excludes halogenated alkanes) is 1. The van der Waals surface area contributed by atoms with Crippen LogP contribution in [0.5, 0.6) is 0 Å². The molecule has 8 heteroatoms. The summed E-state index contributed by atoms with van der Waals surface area (Å²) < 4.78 is 5.11. The van der Waals surface area contributed by atoms with E-state index in [1.165, 1.54) is 43.3 Å². The first-order valence-corrected chi connectivity index (χ1v) is 8.72. The first-order chi connectivity index (χ1) is 13.3. The van der Waals surface area contributed by atoms with E-state index in [-0.39, 0.29) is 23.5 Å². The molecule has 2 rings (SSSR count). The van der Waals surface area contributed by atoms with Crippen molar-refractivity contribution in [2.45, 2.75) is 26.7 Å². The van der Waals surface area contributed by atoms with Gasteiger partial charge < -0.3 is 10.1 Å². The summed E-state index contributed by atoms with van der Waals surface area (Å²) >= 11 is 0. The van der Waals surface area contributed by atoms with Gasteiger partial charge in [-0.05, 0) is 43.7 Å². The largest absolute Gasteiger partial charge is 0.462 e. The van der Waals surface area contributed by atoms with Crippen molar-refractivity contribution in [2.75, 3.05) is 11.9 Å². The van der Waals surface area contributed by atoms with Crippen LogP contribution in [-0.2, 0) is 4.74 Å². The van der Waals surface area contributed by atoms with Crippen LogP contribution in [0.1, 0.15) is 57.8 Å². The fourth-order valence-electron chi connectivity index (χ4n) is 2.47. The third kappa shape index (κ3) is 5.00. The Balaban J connectivity index is 2.35. The fraction of sp³-hybridized carbons (Fsp3) is 0.250. The summed E-state index contributed by atoms with van der Waals surface area (Å²) in [6.45, 7) is 3.50. The second kappa shape index (κ2) is 9.40. The average Bonchev–Trinajstić information content (AvgIpc) is 2.67. The van der Waals surface area contributed by atoms with Crippen LogP contribution in [0.15, 0.2) is 42.5 Å². The van der Waals surface area contributed by atoms with E-state index >= 15 is 0 Å². The molecule has 0 aliphatic carbocycles. The van der Waals surface area contributed by atoms with Crippen molar-refractivity contribution in [3.05, 3.63) is 69.3 Å². The normalized spacial score (nSPS) is 10.2. The highest BCUT2D eigenvalue weighted by atomic mass is 16.6. The lowest BCUT2D eigenvalue weighted by Gasteiger charge is -2.11. The topological polar surface area (TPSA) is 116 Å². The highest BCUT2D eigenvalue weighted by Crippen LogP contribution is 2.25. The fourth-order valence-corrected chi connectivity index (χ4v) is 2.47. The summed E-state index contributed by atoms with van der Waals surface area (Å²) in [4.78, 5) is 47.0. The van der Waals surface area contributed by atoms with Gasteiger partial charge in [-0.1, -0.05) is 19.4 Å². The van der Waals surface area contributed by atoms with Crippen molar-refractivity contribution < 1.29 is 24.0 Å². The number of anilines is 1. The Morgan fingerprint density at radius 2 is 1.79 bits per heavy atom. The number of esters is 1. The molecule has 28 heavy (non-hydrogen) atoms. The smallest absolute Gasteiger partial charge is 0.339 e. The van der Waals surface area contributed by atoms with Crippen molar-refractivity contribution >= 4 is 29.0 Å². The van der Waals surface area contributed by atoms with Crippen LogP contribution in [0, 0.1) is 10.1 Å². The van der Waals surface area contributed by atoms with Crippen LogP contribution in [0.4, 0.5) is 11.4 Å². The van der Waals surface area contributed by atoms with E-state index in [1.807, 2.05) is 6.92 Å². The number of ether oxygens (including phenoxy) is 1. The van der Waals surface area contributed by atoms with Crippen LogP contribution < -0.4 is 5.32 Å². The van der Waals surface area contributed by atoms with Gasteiger partial charge in [-0.2, -0.15) is 0 Å². The van der Waals surface area contributed by atoms with Crippen molar-refractivity contribution in [1.82, 2.24) is 0 Å². The number of ketones is 1. The van der Waals surface area contributed by atoms with Crippen LogP contribution in [-0.4, -0.2) is 29.2 Å². The SMILES string of the molecule is CCCCOC(=O)c1cccc([N+](=O)[O-])c1C(=O)Nc1ccc(C(C)=O)cc1. The number of amides is 1. The highest BCUT2D eigenvalue weighted by Gasteiger charge is 2.28. The summed E-state index contributed by atoms with van der Waals surface area (Å²) in [5.74, 6) is -1.74. The standard InChI is InChI=1S/C20H20N2O6/c1-3-4-12-28-20(25)16-6-5-7-17(22(26)27)18(16)19(24)21-15-10-8-14(9-11-15)13(2)23/h5-11H,3-4,12H2,1-2H3,(H,21,24). The molecule has 0 fully saturated rings. The monoisotopic (exact) mass is 384 g/mol. The number of hydrogen-bond donors (Lipinski definition) is 1. The molecule has 0 saturated carbocycles.